The fraction of sp³-hybridized carbons (Fsp3) is 0.308. The Labute approximate surface area is 187 Å². The molecule has 0 spiro atoms. The van der Waals surface area contributed by atoms with Gasteiger partial charge >= 0.3 is 0 Å². The zero-order valence-electron chi connectivity index (χ0n) is 18.8. The van der Waals surface area contributed by atoms with E-state index in [-0.39, 0.29) is 17.4 Å². The van der Waals surface area contributed by atoms with Crippen molar-refractivity contribution < 1.29 is 19.4 Å². The molecule has 1 aliphatic heterocycles. The van der Waals surface area contributed by atoms with E-state index in [1.54, 1.807) is 29.2 Å². The van der Waals surface area contributed by atoms with Crippen LogP contribution in [0.1, 0.15) is 50.1 Å². The van der Waals surface area contributed by atoms with Crippen molar-refractivity contribution in [3.05, 3.63) is 70.9 Å². The molecule has 0 saturated carbocycles. The number of H-pyrrole nitrogens is 1. The smallest absolute Gasteiger partial charge is 0.295 e. The summed E-state index contributed by atoms with van der Waals surface area (Å²) in [5.41, 5.74) is 3.18. The van der Waals surface area contributed by atoms with Gasteiger partial charge in [-0.3, -0.25) is 9.59 Å². The number of likely N-dealkylation sites (tertiary alicyclic amines) is 1. The van der Waals surface area contributed by atoms with Gasteiger partial charge in [-0.15, -0.1) is 0 Å². The van der Waals surface area contributed by atoms with Crippen molar-refractivity contribution in [3.8, 4) is 5.75 Å². The highest BCUT2D eigenvalue weighted by Gasteiger charge is 2.47. The van der Waals surface area contributed by atoms with Gasteiger partial charge in [-0.05, 0) is 45.4 Å². The largest absolute Gasteiger partial charge is 0.507 e. The number of nitrogens with zero attached hydrogens (tertiary/aromatic N) is 1. The lowest BCUT2D eigenvalue weighted by atomic mass is 9.93. The van der Waals surface area contributed by atoms with Gasteiger partial charge in [-0.2, -0.15) is 0 Å². The molecule has 32 heavy (non-hydrogen) atoms. The summed E-state index contributed by atoms with van der Waals surface area (Å²) in [6.07, 6.45) is 0.666. The number of rotatable bonds is 6. The predicted molar refractivity (Wildman–Crippen MR) is 125 cm³/mol. The normalized spacial score (nSPS) is 18.2. The molecule has 6 nitrogen and oxygen atoms in total. The van der Waals surface area contributed by atoms with E-state index >= 15 is 0 Å². The number of hydrogen-bond donors (Lipinski definition) is 2. The van der Waals surface area contributed by atoms with Gasteiger partial charge in [0.15, 0.2) is 0 Å². The second-order valence-corrected chi connectivity index (χ2v) is 8.40. The molecule has 2 aromatic carbocycles. The first-order valence-corrected chi connectivity index (χ1v) is 11.0. The molecule has 1 aromatic heterocycles. The highest BCUT2D eigenvalue weighted by Crippen LogP contribution is 2.43. The molecule has 0 radical (unpaired) electrons. The molecule has 1 amide bonds. The van der Waals surface area contributed by atoms with Crippen LogP contribution in [0.25, 0.3) is 16.7 Å². The molecular formula is C26H28N2O4. The average Bonchev–Trinajstić information content (AvgIpc) is 3.21. The Morgan fingerprint density at radius 1 is 1.16 bits per heavy atom. The van der Waals surface area contributed by atoms with Crippen molar-refractivity contribution in [2.24, 2.45) is 0 Å². The Hall–Kier alpha value is -3.54. The number of carbonyl (C=O) groups excluding carboxylic acids is 2. The van der Waals surface area contributed by atoms with Crippen molar-refractivity contribution in [2.45, 2.75) is 46.3 Å². The number of nitrogens with one attached hydrogen (secondary N) is 1. The van der Waals surface area contributed by atoms with Crippen LogP contribution in [-0.4, -0.2) is 39.3 Å². The summed E-state index contributed by atoms with van der Waals surface area (Å²) in [7, 11) is 0. The number of carbonyl (C=O) groups is 2. The summed E-state index contributed by atoms with van der Waals surface area (Å²) < 4.78 is 5.75. The Kier molecular flexibility index (Phi) is 5.78. The molecule has 2 N–H and O–H groups in total. The summed E-state index contributed by atoms with van der Waals surface area (Å²) in [5.74, 6) is -0.851. The van der Waals surface area contributed by atoms with E-state index in [9.17, 15) is 14.7 Å². The van der Waals surface area contributed by atoms with Crippen LogP contribution in [0.4, 0.5) is 0 Å². The maximum atomic E-state index is 13.2. The Balaban J connectivity index is 1.93. The van der Waals surface area contributed by atoms with Crippen molar-refractivity contribution in [3.63, 3.8) is 0 Å². The lowest BCUT2D eigenvalue weighted by molar-refractivity contribution is -0.139. The topological polar surface area (TPSA) is 82.6 Å². The van der Waals surface area contributed by atoms with Crippen molar-refractivity contribution in [1.29, 1.82) is 0 Å². The third-order valence-electron chi connectivity index (χ3n) is 5.70. The highest BCUT2D eigenvalue weighted by atomic mass is 16.5. The fourth-order valence-electron chi connectivity index (χ4n) is 4.45. The predicted octanol–water partition coefficient (Wildman–Crippen LogP) is 5.10. The van der Waals surface area contributed by atoms with E-state index in [4.69, 9.17) is 4.74 Å². The summed E-state index contributed by atoms with van der Waals surface area (Å²) in [6, 6.07) is 14.1. The molecule has 1 fully saturated rings. The minimum atomic E-state index is -0.666. The quantitative estimate of drug-likeness (QED) is 0.323. The van der Waals surface area contributed by atoms with E-state index in [1.807, 2.05) is 52.0 Å². The van der Waals surface area contributed by atoms with Gasteiger partial charge < -0.3 is 19.7 Å². The first-order chi connectivity index (χ1) is 15.3. The number of ether oxygens (including phenoxy) is 1. The van der Waals surface area contributed by atoms with Gasteiger partial charge in [0, 0.05) is 34.3 Å². The lowest BCUT2D eigenvalue weighted by Gasteiger charge is -2.25. The second kappa shape index (κ2) is 8.54. The second-order valence-electron chi connectivity index (χ2n) is 8.40. The summed E-state index contributed by atoms with van der Waals surface area (Å²) in [5, 5.41) is 12.2. The Morgan fingerprint density at radius 3 is 2.62 bits per heavy atom. The van der Waals surface area contributed by atoms with Crippen LogP contribution in [0.2, 0.25) is 0 Å². The van der Waals surface area contributed by atoms with Gasteiger partial charge in [0.25, 0.3) is 11.7 Å². The molecule has 6 heteroatoms. The van der Waals surface area contributed by atoms with Crippen LogP contribution < -0.4 is 4.74 Å². The molecule has 2 heterocycles. The van der Waals surface area contributed by atoms with E-state index in [2.05, 4.69) is 4.98 Å². The summed E-state index contributed by atoms with van der Waals surface area (Å²) in [4.78, 5) is 31.1. The maximum Gasteiger partial charge on any atom is 0.295 e. The number of aliphatic hydroxyl groups is 1. The molecule has 1 unspecified atom stereocenters. The number of aliphatic hydroxyl groups excluding tert-OH is 1. The van der Waals surface area contributed by atoms with Gasteiger partial charge in [0.2, 0.25) is 0 Å². The SMILES string of the molecule is CCCN1C(=O)C(=O)/C(=C(/O)c2cccc(OC(C)C)c2)C1c1c(C)[nH]c2ccccc12. The van der Waals surface area contributed by atoms with Gasteiger partial charge in [0.1, 0.15) is 11.5 Å². The van der Waals surface area contributed by atoms with Crippen LogP contribution in [0.15, 0.2) is 54.1 Å². The van der Waals surface area contributed by atoms with E-state index < -0.39 is 17.7 Å². The van der Waals surface area contributed by atoms with Crippen LogP contribution in [0.3, 0.4) is 0 Å². The van der Waals surface area contributed by atoms with Gasteiger partial charge in [0.05, 0.1) is 17.7 Å². The van der Waals surface area contributed by atoms with Gasteiger partial charge in [-0.25, -0.2) is 0 Å². The molecule has 1 aliphatic rings. The third kappa shape index (κ3) is 3.66. The Morgan fingerprint density at radius 2 is 1.91 bits per heavy atom. The van der Waals surface area contributed by atoms with Crippen LogP contribution in [0.5, 0.6) is 5.75 Å². The minimum absolute atomic E-state index is 0.0311. The minimum Gasteiger partial charge on any atom is -0.507 e. The number of aromatic amines is 1. The molecule has 0 bridgehead atoms. The van der Waals surface area contributed by atoms with Crippen molar-refractivity contribution in [2.75, 3.05) is 6.54 Å². The average molecular weight is 433 g/mol. The standard InChI is InChI=1S/C26H28N2O4/c1-5-13-28-23(21-16(4)27-20-12-7-6-11-19(20)21)22(25(30)26(28)31)24(29)17-9-8-10-18(14-17)32-15(2)3/h6-12,14-15,23,27,29H,5,13H2,1-4H3/b24-22+. The number of amides is 1. The first-order valence-electron chi connectivity index (χ1n) is 11.0. The van der Waals surface area contributed by atoms with Gasteiger partial charge in [-0.1, -0.05) is 37.3 Å². The zero-order valence-corrected chi connectivity index (χ0v) is 18.8. The lowest BCUT2D eigenvalue weighted by Crippen LogP contribution is -2.30. The maximum absolute atomic E-state index is 13.2. The van der Waals surface area contributed by atoms with E-state index in [0.29, 0.717) is 24.3 Å². The molecule has 1 atom stereocenters. The number of benzene rings is 2. The molecule has 1 saturated heterocycles. The highest BCUT2D eigenvalue weighted by molar-refractivity contribution is 6.46. The molecule has 166 valence electrons. The number of fused-ring (bicyclic) bond motifs is 1. The number of aryl methyl sites for hydroxylation is 1. The fourth-order valence-corrected chi connectivity index (χ4v) is 4.45. The van der Waals surface area contributed by atoms with Crippen molar-refractivity contribution in [1.82, 2.24) is 9.88 Å². The summed E-state index contributed by atoms with van der Waals surface area (Å²) in [6.45, 7) is 8.15. The molecule has 4 rings (SSSR count). The number of hydrogen-bond acceptors (Lipinski definition) is 4. The molecule has 3 aromatic rings. The first kappa shape index (κ1) is 21.7. The molecular weight excluding hydrogens is 404 g/mol. The number of ketones is 1. The summed E-state index contributed by atoms with van der Waals surface area (Å²) >= 11 is 0. The third-order valence-corrected chi connectivity index (χ3v) is 5.70. The van der Waals surface area contributed by atoms with Crippen LogP contribution in [0, 0.1) is 6.92 Å². The van der Waals surface area contributed by atoms with E-state index in [0.717, 1.165) is 22.2 Å². The monoisotopic (exact) mass is 432 g/mol. The Bertz CT molecular complexity index is 1220. The number of Topliss-reactive ketones (excluding diaryl/α,β-unsaturated/α-hetero) is 1. The zero-order chi connectivity index (χ0) is 23.0. The molecule has 0 aliphatic carbocycles. The number of para-hydroxylation sites is 1. The van der Waals surface area contributed by atoms with Crippen LogP contribution >= 0.6 is 0 Å². The number of aromatic nitrogens is 1. The van der Waals surface area contributed by atoms with E-state index in [1.165, 1.54) is 0 Å². The van der Waals surface area contributed by atoms with Crippen LogP contribution in [-0.2, 0) is 9.59 Å². The van der Waals surface area contributed by atoms with Crippen molar-refractivity contribution >= 4 is 28.4 Å².